The average molecular weight is 189 g/mol. The fraction of sp³-hybridized carbons (Fsp3) is 0.625. The largest absolute Gasteiger partial charge is 0.468 e. The quantitative estimate of drug-likeness (QED) is 0.395. The van der Waals surface area contributed by atoms with Crippen LogP contribution in [0.15, 0.2) is 12.2 Å². The lowest BCUT2D eigenvalue weighted by Crippen LogP contribution is -2.33. The van der Waals surface area contributed by atoms with Crippen molar-refractivity contribution in [2.75, 3.05) is 18.6 Å². The molecule has 0 aliphatic carbocycles. The maximum Gasteiger partial charge on any atom is 0.323 e. The molecular formula is C8H15NO2S. The van der Waals surface area contributed by atoms with E-state index in [1.165, 1.54) is 7.11 Å². The van der Waals surface area contributed by atoms with E-state index in [-0.39, 0.29) is 5.97 Å². The number of carbonyl (C=O) groups is 1. The Morgan fingerprint density at radius 1 is 1.75 bits per heavy atom. The van der Waals surface area contributed by atoms with Crippen LogP contribution in [0.1, 0.15) is 6.92 Å². The zero-order valence-electron chi connectivity index (χ0n) is 7.45. The van der Waals surface area contributed by atoms with Crippen LogP contribution in [0.4, 0.5) is 0 Å². The molecule has 1 unspecified atom stereocenters. The van der Waals surface area contributed by atoms with Crippen LogP contribution in [-0.2, 0) is 9.53 Å². The minimum Gasteiger partial charge on any atom is -0.468 e. The van der Waals surface area contributed by atoms with Crippen molar-refractivity contribution in [3.63, 3.8) is 0 Å². The summed E-state index contributed by atoms with van der Waals surface area (Å²) in [5, 5.41) is 0. The number of carbonyl (C=O) groups excluding carboxylic acids is 1. The zero-order valence-corrected chi connectivity index (χ0v) is 8.26. The molecule has 0 saturated heterocycles. The molecule has 2 N–H and O–H groups in total. The molecule has 3 nitrogen and oxygen atoms in total. The van der Waals surface area contributed by atoms with E-state index in [2.05, 4.69) is 4.74 Å². The average Bonchev–Trinajstić information content (AvgIpc) is 2.10. The van der Waals surface area contributed by atoms with Gasteiger partial charge in [-0.05, 0) is 6.92 Å². The lowest BCUT2D eigenvalue weighted by atomic mass is 10.4. The third-order valence-electron chi connectivity index (χ3n) is 1.25. The lowest BCUT2D eigenvalue weighted by Gasteiger charge is -2.06. The summed E-state index contributed by atoms with van der Waals surface area (Å²) in [6.45, 7) is 1.96. The van der Waals surface area contributed by atoms with Crippen LogP contribution in [0.25, 0.3) is 0 Å². The number of hydrogen-bond donors (Lipinski definition) is 1. The maximum atomic E-state index is 10.8. The van der Waals surface area contributed by atoms with Crippen molar-refractivity contribution in [1.29, 1.82) is 0 Å². The molecule has 0 saturated carbocycles. The summed E-state index contributed by atoms with van der Waals surface area (Å²) in [6.07, 6.45) is 3.99. The first-order valence-corrected chi connectivity index (χ1v) is 4.90. The van der Waals surface area contributed by atoms with Crippen molar-refractivity contribution < 1.29 is 9.53 Å². The van der Waals surface area contributed by atoms with E-state index in [1.807, 2.05) is 19.1 Å². The number of thioether (sulfide) groups is 1. The fourth-order valence-electron chi connectivity index (χ4n) is 0.579. The van der Waals surface area contributed by atoms with Crippen molar-refractivity contribution in [2.24, 2.45) is 5.73 Å². The molecule has 0 rings (SSSR count). The van der Waals surface area contributed by atoms with Gasteiger partial charge in [0.1, 0.15) is 6.04 Å². The second-order valence-corrected chi connectivity index (χ2v) is 3.31. The third kappa shape index (κ3) is 5.21. The highest BCUT2D eigenvalue weighted by Gasteiger charge is 2.12. The minimum absolute atomic E-state index is 0.344. The van der Waals surface area contributed by atoms with E-state index in [0.717, 1.165) is 5.75 Å². The van der Waals surface area contributed by atoms with Gasteiger partial charge in [-0.25, -0.2) is 0 Å². The predicted molar refractivity (Wildman–Crippen MR) is 52.1 cm³/mol. The van der Waals surface area contributed by atoms with Crippen molar-refractivity contribution in [1.82, 2.24) is 0 Å². The highest BCUT2D eigenvalue weighted by Crippen LogP contribution is 2.02. The van der Waals surface area contributed by atoms with Crippen LogP contribution in [0, 0.1) is 0 Å². The monoisotopic (exact) mass is 189 g/mol. The summed E-state index contributed by atoms with van der Waals surface area (Å²) < 4.78 is 4.47. The number of nitrogens with two attached hydrogens (primary N) is 1. The number of esters is 1. The van der Waals surface area contributed by atoms with E-state index in [0.29, 0.717) is 5.75 Å². The van der Waals surface area contributed by atoms with Crippen molar-refractivity contribution in [3.05, 3.63) is 12.2 Å². The second kappa shape index (κ2) is 7.18. The molecular weight excluding hydrogens is 174 g/mol. The normalized spacial score (nSPS) is 13.2. The molecule has 70 valence electrons. The number of methoxy groups -OCH3 is 1. The van der Waals surface area contributed by atoms with Crippen LogP contribution in [0.3, 0.4) is 0 Å². The molecule has 0 radical (unpaired) electrons. The minimum atomic E-state index is -0.495. The Kier molecular flexibility index (Phi) is 6.90. The highest BCUT2D eigenvalue weighted by atomic mass is 32.2. The SMILES string of the molecule is CC=CCSCC(N)C(=O)OC. The van der Waals surface area contributed by atoms with Gasteiger partial charge in [0.2, 0.25) is 0 Å². The van der Waals surface area contributed by atoms with Gasteiger partial charge in [0, 0.05) is 11.5 Å². The molecule has 12 heavy (non-hydrogen) atoms. The molecule has 0 aromatic rings. The van der Waals surface area contributed by atoms with Crippen LogP contribution in [-0.4, -0.2) is 30.6 Å². The van der Waals surface area contributed by atoms with E-state index < -0.39 is 6.04 Å². The van der Waals surface area contributed by atoms with Gasteiger partial charge < -0.3 is 10.5 Å². The van der Waals surface area contributed by atoms with Gasteiger partial charge in [-0.1, -0.05) is 12.2 Å². The number of rotatable bonds is 5. The summed E-state index contributed by atoms with van der Waals surface area (Å²) in [7, 11) is 1.35. The molecule has 0 heterocycles. The highest BCUT2D eigenvalue weighted by molar-refractivity contribution is 7.99. The van der Waals surface area contributed by atoms with E-state index >= 15 is 0 Å². The molecule has 0 spiro atoms. The number of allylic oxidation sites excluding steroid dienone is 1. The smallest absolute Gasteiger partial charge is 0.323 e. The van der Waals surface area contributed by atoms with Gasteiger partial charge in [0.25, 0.3) is 0 Å². The molecule has 0 amide bonds. The topological polar surface area (TPSA) is 52.3 Å². The molecule has 0 aliphatic heterocycles. The first kappa shape index (κ1) is 11.5. The van der Waals surface area contributed by atoms with E-state index in [1.54, 1.807) is 11.8 Å². The molecule has 0 aromatic carbocycles. The van der Waals surface area contributed by atoms with Crippen LogP contribution >= 0.6 is 11.8 Å². The van der Waals surface area contributed by atoms with Crippen molar-refractivity contribution >= 4 is 17.7 Å². The first-order valence-electron chi connectivity index (χ1n) is 3.74. The summed E-state index contributed by atoms with van der Waals surface area (Å²) in [6, 6.07) is -0.495. The van der Waals surface area contributed by atoms with Gasteiger partial charge in [-0.2, -0.15) is 11.8 Å². The molecule has 0 bridgehead atoms. The first-order chi connectivity index (χ1) is 5.72. The van der Waals surface area contributed by atoms with Crippen LogP contribution in [0.5, 0.6) is 0 Å². The van der Waals surface area contributed by atoms with E-state index in [9.17, 15) is 4.79 Å². The molecule has 0 aliphatic rings. The fourth-order valence-corrected chi connectivity index (χ4v) is 1.43. The Morgan fingerprint density at radius 3 is 2.92 bits per heavy atom. The molecule has 0 fully saturated rings. The predicted octanol–water partition coefficient (Wildman–Crippen LogP) is 0.796. The maximum absolute atomic E-state index is 10.8. The third-order valence-corrected chi connectivity index (χ3v) is 2.27. The molecule has 4 heteroatoms. The Morgan fingerprint density at radius 2 is 2.42 bits per heavy atom. The number of hydrogen-bond acceptors (Lipinski definition) is 4. The van der Waals surface area contributed by atoms with Gasteiger partial charge in [0.05, 0.1) is 7.11 Å². The number of ether oxygens (including phenoxy) is 1. The van der Waals surface area contributed by atoms with Gasteiger partial charge in [-0.3, -0.25) is 4.79 Å². The van der Waals surface area contributed by atoms with Crippen molar-refractivity contribution in [2.45, 2.75) is 13.0 Å². The summed E-state index contributed by atoms with van der Waals surface area (Å²) in [5.74, 6) is 1.15. The van der Waals surface area contributed by atoms with E-state index in [4.69, 9.17) is 5.73 Å². The van der Waals surface area contributed by atoms with Crippen LogP contribution in [0.2, 0.25) is 0 Å². The summed E-state index contributed by atoms with van der Waals surface area (Å²) >= 11 is 1.62. The Bertz CT molecular complexity index is 159. The van der Waals surface area contributed by atoms with Crippen molar-refractivity contribution in [3.8, 4) is 0 Å². The standard InChI is InChI=1S/C8H15NO2S/c1-3-4-5-12-6-7(9)8(10)11-2/h3-4,7H,5-6,9H2,1-2H3. The second-order valence-electron chi connectivity index (χ2n) is 2.24. The Labute approximate surface area is 77.3 Å². The Balaban J connectivity index is 3.43. The van der Waals surface area contributed by atoms with Gasteiger partial charge in [-0.15, -0.1) is 0 Å². The van der Waals surface area contributed by atoms with Gasteiger partial charge in [0.15, 0.2) is 0 Å². The van der Waals surface area contributed by atoms with Crippen LogP contribution < -0.4 is 5.73 Å². The summed E-state index contributed by atoms with van der Waals surface area (Å²) in [5.41, 5.74) is 5.49. The lowest BCUT2D eigenvalue weighted by molar-refractivity contribution is -0.141. The zero-order chi connectivity index (χ0) is 9.40. The molecule has 1 atom stereocenters. The molecule has 0 aromatic heterocycles. The van der Waals surface area contributed by atoms with Gasteiger partial charge >= 0.3 is 5.97 Å². The summed E-state index contributed by atoms with van der Waals surface area (Å²) in [4.78, 5) is 10.8. The Hall–Kier alpha value is -0.480.